The van der Waals surface area contributed by atoms with E-state index in [0.717, 1.165) is 44.9 Å². The molecule has 8 nitrogen and oxygen atoms in total. The van der Waals surface area contributed by atoms with Crippen molar-refractivity contribution in [3.05, 3.63) is 48.6 Å². The van der Waals surface area contributed by atoms with Crippen molar-refractivity contribution in [1.82, 2.24) is 5.32 Å². The first-order valence-corrected chi connectivity index (χ1v) is 38.5. The van der Waals surface area contributed by atoms with E-state index in [9.17, 15) is 19.4 Å². The average molecular weight is 1200 g/mol. The van der Waals surface area contributed by atoms with Crippen molar-refractivity contribution in [2.75, 3.05) is 40.9 Å². The van der Waals surface area contributed by atoms with E-state index in [1.54, 1.807) is 6.08 Å². The zero-order chi connectivity index (χ0) is 61.2. The molecule has 0 aliphatic carbocycles. The summed E-state index contributed by atoms with van der Waals surface area (Å²) in [5.41, 5.74) is 0. The minimum Gasteiger partial charge on any atom is -0.756 e. The fourth-order valence-corrected chi connectivity index (χ4v) is 12.0. The zero-order valence-corrected chi connectivity index (χ0v) is 57.8. The van der Waals surface area contributed by atoms with Crippen LogP contribution in [0.2, 0.25) is 0 Å². The van der Waals surface area contributed by atoms with E-state index in [1.165, 1.54) is 308 Å². The summed E-state index contributed by atoms with van der Waals surface area (Å²) >= 11 is 0. The number of amides is 1. The summed E-state index contributed by atoms with van der Waals surface area (Å²) in [6, 6.07) is -0.911. The quantitative estimate of drug-likeness (QED) is 0.0272. The van der Waals surface area contributed by atoms with Gasteiger partial charge in [-0.25, -0.2) is 0 Å². The Morgan fingerprint density at radius 2 is 0.667 bits per heavy atom. The number of phosphoric ester groups is 1. The topological polar surface area (TPSA) is 108 Å². The summed E-state index contributed by atoms with van der Waals surface area (Å²) in [7, 11) is 1.25. The van der Waals surface area contributed by atoms with Gasteiger partial charge < -0.3 is 28.8 Å². The van der Waals surface area contributed by atoms with Crippen LogP contribution in [-0.2, 0) is 18.4 Å². The Hall–Kier alpha value is -1.54. The van der Waals surface area contributed by atoms with E-state index < -0.39 is 26.6 Å². The van der Waals surface area contributed by atoms with E-state index in [0.29, 0.717) is 17.4 Å². The number of quaternary nitrogens is 1. The molecule has 0 fully saturated rings. The van der Waals surface area contributed by atoms with E-state index in [4.69, 9.17) is 9.05 Å². The van der Waals surface area contributed by atoms with Crippen molar-refractivity contribution >= 4 is 13.7 Å². The molecule has 0 saturated heterocycles. The highest BCUT2D eigenvalue weighted by molar-refractivity contribution is 7.45. The van der Waals surface area contributed by atoms with E-state index in [1.807, 2.05) is 27.2 Å². The lowest BCUT2D eigenvalue weighted by Crippen LogP contribution is -2.45. The number of rotatable bonds is 69. The van der Waals surface area contributed by atoms with Crippen LogP contribution in [-0.4, -0.2) is 68.5 Å². The number of aliphatic hydroxyl groups excluding tert-OH is 1. The largest absolute Gasteiger partial charge is 0.756 e. The predicted molar refractivity (Wildman–Crippen MR) is 367 cm³/mol. The molecular weight excluding hydrogens is 1060 g/mol. The number of nitrogens with one attached hydrogen (secondary N) is 1. The number of likely N-dealkylation sites (N-methyl/N-ethyl adjacent to an activating group) is 1. The molecule has 0 aromatic rings. The molecule has 84 heavy (non-hydrogen) atoms. The Kier molecular flexibility index (Phi) is 64.7. The maximum absolute atomic E-state index is 13.0. The molecule has 0 saturated carbocycles. The average Bonchev–Trinajstić information content (AvgIpc) is 3.56. The van der Waals surface area contributed by atoms with Gasteiger partial charge in [-0.15, -0.1) is 0 Å². The Morgan fingerprint density at radius 1 is 0.405 bits per heavy atom. The number of phosphoric acid groups is 1. The first-order valence-electron chi connectivity index (χ1n) is 37.0. The molecule has 1 amide bonds. The van der Waals surface area contributed by atoms with E-state index >= 15 is 0 Å². The van der Waals surface area contributed by atoms with Crippen LogP contribution in [0.1, 0.15) is 373 Å². The van der Waals surface area contributed by atoms with Gasteiger partial charge in [-0.3, -0.25) is 9.36 Å². The van der Waals surface area contributed by atoms with Crippen molar-refractivity contribution in [2.24, 2.45) is 0 Å². The minimum atomic E-state index is -4.62. The number of aliphatic hydroxyl groups is 1. The number of nitrogens with zero attached hydrogens (tertiary/aromatic N) is 1. The van der Waals surface area contributed by atoms with Gasteiger partial charge in [0.05, 0.1) is 39.9 Å². The number of hydrogen-bond acceptors (Lipinski definition) is 6. The van der Waals surface area contributed by atoms with Crippen LogP contribution in [0.5, 0.6) is 0 Å². The molecule has 3 atom stereocenters. The molecule has 0 radical (unpaired) electrons. The molecule has 0 heterocycles. The molecule has 0 aliphatic heterocycles. The Balaban J connectivity index is 4.04. The Morgan fingerprint density at radius 3 is 0.964 bits per heavy atom. The maximum Gasteiger partial charge on any atom is 0.268 e. The van der Waals surface area contributed by atoms with Gasteiger partial charge >= 0.3 is 0 Å². The van der Waals surface area contributed by atoms with Crippen LogP contribution in [0.15, 0.2) is 48.6 Å². The maximum atomic E-state index is 13.0. The van der Waals surface area contributed by atoms with Crippen LogP contribution >= 0.6 is 7.82 Å². The first kappa shape index (κ1) is 82.5. The molecule has 0 bridgehead atoms. The van der Waals surface area contributed by atoms with Crippen molar-refractivity contribution in [3.8, 4) is 0 Å². The zero-order valence-electron chi connectivity index (χ0n) is 56.9. The molecule has 2 N–H and O–H groups in total. The number of unbranched alkanes of at least 4 members (excludes halogenated alkanes) is 50. The Labute approximate surface area is 524 Å². The predicted octanol–water partition coefficient (Wildman–Crippen LogP) is 23.2. The second kappa shape index (κ2) is 65.9. The lowest BCUT2D eigenvalue weighted by Gasteiger charge is -2.29. The lowest BCUT2D eigenvalue weighted by atomic mass is 10.0. The van der Waals surface area contributed by atoms with Gasteiger partial charge in [0.25, 0.3) is 7.82 Å². The van der Waals surface area contributed by atoms with Gasteiger partial charge in [0.15, 0.2) is 0 Å². The van der Waals surface area contributed by atoms with Crippen molar-refractivity contribution in [1.29, 1.82) is 0 Å². The SMILES string of the molecule is CCCCCCCCCC/C=C\CCCCCCCCCCCCCCCCCCCCCCCCCC(=O)NC(COP(=O)([O-])OCC[N+](C)(C)C)C(O)/C=C/CC/C=C/CC/C=C/CCCCCCCCCCCCCCCCCCC. The molecular formula is C75H145N2O6P. The van der Waals surface area contributed by atoms with Gasteiger partial charge in [0.1, 0.15) is 13.2 Å². The summed E-state index contributed by atoms with van der Waals surface area (Å²) in [6.45, 7) is 4.68. The van der Waals surface area contributed by atoms with Crippen molar-refractivity contribution in [2.45, 2.75) is 386 Å². The number of hydrogen-bond donors (Lipinski definition) is 2. The summed E-state index contributed by atoms with van der Waals surface area (Å²) < 4.78 is 23.5. The van der Waals surface area contributed by atoms with Gasteiger partial charge in [-0.2, -0.15) is 0 Å². The molecule has 0 aromatic carbocycles. The summed E-state index contributed by atoms with van der Waals surface area (Å²) in [5.74, 6) is -0.204. The smallest absolute Gasteiger partial charge is 0.268 e. The van der Waals surface area contributed by atoms with Crippen LogP contribution < -0.4 is 10.2 Å². The highest BCUT2D eigenvalue weighted by Crippen LogP contribution is 2.38. The van der Waals surface area contributed by atoms with E-state index in [-0.39, 0.29) is 12.5 Å². The molecule has 9 heteroatoms. The summed E-state index contributed by atoms with van der Waals surface area (Å²) in [4.78, 5) is 25.6. The standard InChI is InChI=1S/C75H145N2O6P/c1-6-8-10-12-14-16-18-20-22-24-26-28-30-32-34-35-36-37-38-39-40-41-43-45-47-49-51-53-55-57-59-61-63-65-67-69-75(79)76-73(72-83-84(80,81)82-71-70-77(3,4)5)74(78)68-66-64-62-60-58-56-54-52-50-48-46-44-42-33-31-29-27-25-23-21-19-17-15-13-11-9-7-2/h24,26,50,52,58,60,66,68,73-74,78H,6-23,25,27-49,51,53-57,59,61-65,67,69-72H2,1-5H3,(H-,76,79,80,81)/b26-24-,52-50+,60-58+,68-66+. The normalized spacial score (nSPS) is 13.8. The molecule has 0 spiro atoms. The third kappa shape index (κ3) is 68.0. The summed E-state index contributed by atoms with van der Waals surface area (Å²) in [6.07, 6.45) is 89.8. The molecule has 496 valence electrons. The number of allylic oxidation sites excluding steroid dienone is 7. The molecule has 0 rings (SSSR count). The fourth-order valence-electron chi connectivity index (χ4n) is 11.2. The van der Waals surface area contributed by atoms with Crippen LogP contribution in [0.4, 0.5) is 0 Å². The minimum absolute atomic E-state index is 0.00786. The van der Waals surface area contributed by atoms with E-state index in [2.05, 4.69) is 55.6 Å². The van der Waals surface area contributed by atoms with Gasteiger partial charge in [0, 0.05) is 6.42 Å². The number of carbonyl (C=O) groups excluding carboxylic acids is 1. The third-order valence-corrected chi connectivity index (χ3v) is 18.0. The van der Waals surface area contributed by atoms with Crippen LogP contribution in [0, 0.1) is 0 Å². The van der Waals surface area contributed by atoms with Crippen molar-refractivity contribution < 1.29 is 32.9 Å². The van der Waals surface area contributed by atoms with Crippen LogP contribution in [0.25, 0.3) is 0 Å². The highest BCUT2D eigenvalue weighted by Gasteiger charge is 2.23. The number of carbonyl (C=O) groups is 1. The van der Waals surface area contributed by atoms with Gasteiger partial charge in [-0.1, -0.05) is 345 Å². The Bertz CT molecular complexity index is 1510. The van der Waals surface area contributed by atoms with Crippen LogP contribution in [0.3, 0.4) is 0 Å². The van der Waals surface area contributed by atoms with Gasteiger partial charge in [-0.05, 0) is 70.6 Å². The highest BCUT2D eigenvalue weighted by atomic mass is 31.2. The van der Waals surface area contributed by atoms with Gasteiger partial charge in [0.2, 0.25) is 5.91 Å². The van der Waals surface area contributed by atoms with Crippen molar-refractivity contribution in [3.63, 3.8) is 0 Å². The first-order chi connectivity index (χ1) is 41.0. The molecule has 0 aliphatic rings. The second-order valence-electron chi connectivity index (χ2n) is 26.6. The monoisotopic (exact) mass is 1200 g/mol. The molecule has 0 aromatic heterocycles. The molecule has 3 unspecified atom stereocenters. The third-order valence-electron chi connectivity index (χ3n) is 17.0. The summed E-state index contributed by atoms with van der Waals surface area (Å²) in [5, 5.41) is 13.9. The fraction of sp³-hybridized carbons (Fsp3) is 0.880. The second-order valence-corrected chi connectivity index (χ2v) is 28.0. The lowest BCUT2D eigenvalue weighted by molar-refractivity contribution is -0.870.